The molecule has 0 atom stereocenters. The number of halogens is 1. The molecule has 8 nitrogen and oxygen atoms in total. The minimum absolute atomic E-state index is 0.0772. The molecule has 0 unspecified atom stereocenters. The minimum Gasteiger partial charge on any atom is -0.342 e. The standard InChI is InChI=1S/C15H15ClN4O4S/c1-17-25(23,24)12-4-2-11(3-5-12)20-14(21)9-19-15(22)13-8-10(16)6-7-18-13/h2-8,17H,9H2,1H3,(H,19,22)(H,20,21). The van der Waals surface area contributed by atoms with Crippen molar-refractivity contribution in [2.24, 2.45) is 0 Å². The second-order valence-electron chi connectivity index (χ2n) is 4.82. The third-order valence-electron chi connectivity index (χ3n) is 3.08. The van der Waals surface area contributed by atoms with E-state index in [1.807, 2.05) is 0 Å². The predicted molar refractivity (Wildman–Crippen MR) is 92.9 cm³/mol. The summed E-state index contributed by atoms with van der Waals surface area (Å²) in [6, 6.07) is 8.52. The van der Waals surface area contributed by atoms with E-state index in [1.165, 1.54) is 49.6 Å². The Balaban J connectivity index is 1.91. The van der Waals surface area contributed by atoms with E-state index in [4.69, 9.17) is 11.6 Å². The Hall–Kier alpha value is -2.49. The minimum atomic E-state index is -3.54. The molecule has 1 heterocycles. The highest BCUT2D eigenvalue weighted by atomic mass is 35.5. The molecule has 0 spiro atoms. The van der Waals surface area contributed by atoms with E-state index >= 15 is 0 Å². The smallest absolute Gasteiger partial charge is 0.270 e. The van der Waals surface area contributed by atoms with Gasteiger partial charge in [0.05, 0.1) is 11.4 Å². The average molecular weight is 383 g/mol. The SMILES string of the molecule is CNS(=O)(=O)c1ccc(NC(=O)CNC(=O)c2cc(Cl)ccn2)cc1. The van der Waals surface area contributed by atoms with E-state index in [0.29, 0.717) is 10.7 Å². The van der Waals surface area contributed by atoms with Crippen molar-refractivity contribution in [1.82, 2.24) is 15.0 Å². The Morgan fingerprint density at radius 2 is 1.84 bits per heavy atom. The fourth-order valence-corrected chi connectivity index (χ4v) is 2.71. The molecule has 25 heavy (non-hydrogen) atoms. The summed E-state index contributed by atoms with van der Waals surface area (Å²) in [5, 5.41) is 5.32. The van der Waals surface area contributed by atoms with Crippen LogP contribution in [0.5, 0.6) is 0 Å². The van der Waals surface area contributed by atoms with Gasteiger partial charge in [0.2, 0.25) is 15.9 Å². The molecule has 0 aliphatic rings. The number of pyridine rings is 1. The van der Waals surface area contributed by atoms with E-state index in [-0.39, 0.29) is 17.1 Å². The van der Waals surface area contributed by atoms with Gasteiger partial charge < -0.3 is 10.6 Å². The van der Waals surface area contributed by atoms with Crippen LogP contribution in [0.3, 0.4) is 0 Å². The zero-order valence-corrected chi connectivity index (χ0v) is 14.7. The van der Waals surface area contributed by atoms with E-state index in [2.05, 4.69) is 20.3 Å². The fourth-order valence-electron chi connectivity index (χ4n) is 1.82. The normalized spacial score (nSPS) is 11.0. The molecule has 0 aliphatic heterocycles. The first-order valence-corrected chi connectivity index (χ1v) is 8.91. The number of nitrogens with zero attached hydrogens (tertiary/aromatic N) is 1. The van der Waals surface area contributed by atoms with Crippen LogP contribution in [0.4, 0.5) is 5.69 Å². The number of hydrogen-bond acceptors (Lipinski definition) is 5. The lowest BCUT2D eigenvalue weighted by molar-refractivity contribution is -0.115. The number of anilines is 1. The van der Waals surface area contributed by atoms with Crippen molar-refractivity contribution in [3.8, 4) is 0 Å². The topological polar surface area (TPSA) is 117 Å². The first kappa shape index (κ1) is 18.8. The fraction of sp³-hybridized carbons (Fsp3) is 0.133. The van der Waals surface area contributed by atoms with Crippen LogP contribution in [0, 0.1) is 0 Å². The van der Waals surface area contributed by atoms with Crippen molar-refractivity contribution in [1.29, 1.82) is 0 Å². The number of carbonyl (C=O) groups is 2. The molecule has 10 heteroatoms. The molecule has 1 aromatic heterocycles. The Kier molecular flexibility index (Phi) is 6.07. The van der Waals surface area contributed by atoms with Crippen molar-refractivity contribution in [3.05, 3.63) is 53.3 Å². The highest BCUT2D eigenvalue weighted by Crippen LogP contribution is 2.13. The highest BCUT2D eigenvalue weighted by molar-refractivity contribution is 7.89. The lowest BCUT2D eigenvalue weighted by Crippen LogP contribution is -2.33. The Morgan fingerprint density at radius 3 is 2.44 bits per heavy atom. The zero-order chi connectivity index (χ0) is 18.4. The van der Waals surface area contributed by atoms with Crippen LogP contribution in [0.2, 0.25) is 5.02 Å². The number of sulfonamides is 1. The van der Waals surface area contributed by atoms with Crippen LogP contribution in [-0.2, 0) is 14.8 Å². The van der Waals surface area contributed by atoms with Gasteiger partial charge in [-0.15, -0.1) is 0 Å². The summed E-state index contributed by atoms with van der Waals surface area (Å²) in [4.78, 5) is 27.6. The van der Waals surface area contributed by atoms with E-state index in [9.17, 15) is 18.0 Å². The van der Waals surface area contributed by atoms with Crippen molar-refractivity contribution >= 4 is 39.1 Å². The molecular weight excluding hydrogens is 368 g/mol. The first-order chi connectivity index (χ1) is 11.8. The van der Waals surface area contributed by atoms with Gasteiger partial charge in [-0.3, -0.25) is 14.6 Å². The van der Waals surface area contributed by atoms with Crippen molar-refractivity contribution in [2.75, 3.05) is 18.9 Å². The van der Waals surface area contributed by atoms with Crippen LogP contribution >= 0.6 is 11.6 Å². The molecule has 2 rings (SSSR count). The highest BCUT2D eigenvalue weighted by Gasteiger charge is 2.12. The van der Waals surface area contributed by atoms with Gasteiger partial charge in [-0.05, 0) is 43.4 Å². The number of amides is 2. The van der Waals surface area contributed by atoms with E-state index in [1.54, 1.807) is 0 Å². The number of nitrogens with one attached hydrogen (secondary N) is 3. The van der Waals surface area contributed by atoms with Gasteiger partial charge in [-0.1, -0.05) is 11.6 Å². The van der Waals surface area contributed by atoms with Crippen molar-refractivity contribution in [3.63, 3.8) is 0 Å². The summed E-state index contributed by atoms with van der Waals surface area (Å²) in [5.74, 6) is -1.01. The second-order valence-corrected chi connectivity index (χ2v) is 7.15. The molecule has 2 amide bonds. The molecule has 2 aromatic rings. The molecule has 3 N–H and O–H groups in total. The molecular formula is C15H15ClN4O4S. The molecule has 0 saturated heterocycles. The predicted octanol–water partition coefficient (Wildman–Crippen LogP) is 1.01. The van der Waals surface area contributed by atoms with Crippen LogP contribution in [0.15, 0.2) is 47.5 Å². The monoisotopic (exact) mass is 382 g/mol. The molecule has 0 radical (unpaired) electrons. The van der Waals surface area contributed by atoms with Crippen LogP contribution in [0.25, 0.3) is 0 Å². The zero-order valence-electron chi connectivity index (χ0n) is 13.1. The maximum atomic E-state index is 11.9. The van der Waals surface area contributed by atoms with Gasteiger partial charge in [0.25, 0.3) is 5.91 Å². The number of benzene rings is 1. The van der Waals surface area contributed by atoms with Gasteiger partial charge in [0, 0.05) is 16.9 Å². The summed E-state index contributed by atoms with van der Waals surface area (Å²) in [6.45, 7) is -0.274. The quantitative estimate of drug-likeness (QED) is 0.689. The van der Waals surface area contributed by atoms with E-state index in [0.717, 1.165) is 0 Å². The third kappa shape index (κ3) is 5.24. The average Bonchev–Trinajstić information content (AvgIpc) is 2.60. The van der Waals surface area contributed by atoms with Gasteiger partial charge in [0.1, 0.15) is 5.69 Å². The Labute approximate surface area is 149 Å². The second kappa shape index (κ2) is 8.06. The Bertz CT molecular complexity index is 885. The lowest BCUT2D eigenvalue weighted by atomic mass is 10.3. The number of aromatic nitrogens is 1. The molecule has 0 saturated carbocycles. The number of rotatable bonds is 6. The number of hydrogen-bond donors (Lipinski definition) is 3. The molecule has 132 valence electrons. The summed E-state index contributed by atoms with van der Waals surface area (Å²) < 4.78 is 25.4. The summed E-state index contributed by atoms with van der Waals surface area (Å²) >= 11 is 5.77. The summed E-state index contributed by atoms with van der Waals surface area (Å²) in [7, 11) is -2.23. The molecule has 0 bridgehead atoms. The van der Waals surface area contributed by atoms with Crippen LogP contribution in [0.1, 0.15) is 10.5 Å². The van der Waals surface area contributed by atoms with Crippen LogP contribution in [-0.4, -0.2) is 38.8 Å². The largest absolute Gasteiger partial charge is 0.342 e. The van der Waals surface area contributed by atoms with Crippen molar-refractivity contribution in [2.45, 2.75) is 4.90 Å². The Morgan fingerprint density at radius 1 is 1.16 bits per heavy atom. The molecule has 0 fully saturated rings. The summed E-state index contributed by atoms with van der Waals surface area (Å²) in [6.07, 6.45) is 1.39. The van der Waals surface area contributed by atoms with Gasteiger partial charge in [-0.2, -0.15) is 0 Å². The third-order valence-corrected chi connectivity index (χ3v) is 4.75. The van der Waals surface area contributed by atoms with Gasteiger partial charge in [0.15, 0.2) is 0 Å². The van der Waals surface area contributed by atoms with Crippen LogP contribution < -0.4 is 15.4 Å². The maximum absolute atomic E-state index is 11.9. The lowest BCUT2D eigenvalue weighted by Gasteiger charge is -2.08. The number of carbonyl (C=O) groups excluding carboxylic acids is 2. The van der Waals surface area contributed by atoms with Gasteiger partial charge >= 0.3 is 0 Å². The molecule has 0 aliphatic carbocycles. The maximum Gasteiger partial charge on any atom is 0.270 e. The first-order valence-electron chi connectivity index (χ1n) is 7.05. The molecule has 1 aromatic carbocycles. The van der Waals surface area contributed by atoms with Gasteiger partial charge in [-0.25, -0.2) is 13.1 Å². The van der Waals surface area contributed by atoms with Crippen molar-refractivity contribution < 1.29 is 18.0 Å². The van der Waals surface area contributed by atoms with E-state index < -0.39 is 21.8 Å². The summed E-state index contributed by atoms with van der Waals surface area (Å²) in [5.41, 5.74) is 0.497.